The quantitative estimate of drug-likeness (QED) is 0.548. The van der Waals surface area contributed by atoms with E-state index in [1.165, 1.54) is 0 Å². The number of aryl methyl sites for hydroxylation is 1. The van der Waals surface area contributed by atoms with E-state index in [1.807, 2.05) is 55.5 Å². The Labute approximate surface area is 153 Å². The van der Waals surface area contributed by atoms with Crippen molar-refractivity contribution in [3.8, 4) is 0 Å². The van der Waals surface area contributed by atoms with E-state index in [-0.39, 0.29) is 5.91 Å². The SMILES string of the molecule is CN=C(NCCC(=O)Nc1ccc(C)cc1Cl)NCc1ccccc1. The smallest absolute Gasteiger partial charge is 0.226 e. The first-order chi connectivity index (χ1) is 12.1. The number of hydrogen-bond donors (Lipinski definition) is 3. The zero-order valence-corrected chi connectivity index (χ0v) is 15.2. The van der Waals surface area contributed by atoms with Gasteiger partial charge in [0.2, 0.25) is 5.91 Å². The summed E-state index contributed by atoms with van der Waals surface area (Å²) >= 11 is 6.12. The van der Waals surface area contributed by atoms with Crippen molar-refractivity contribution < 1.29 is 4.79 Å². The summed E-state index contributed by atoms with van der Waals surface area (Å²) in [4.78, 5) is 16.2. The summed E-state index contributed by atoms with van der Waals surface area (Å²) in [6, 6.07) is 15.6. The molecule has 2 rings (SSSR count). The van der Waals surface area contributed by atoms with Gasteiger partial charge in [0.15, 0.2) is 5.96 Å². The predicted octanol–water partition coefficient (Wildman–Crippen LogP) is 3.34. The number of anilines is 1. The highest BCUT2D eigenvalue weighted by Crippen LogP contribution is 2.22. The van der Waals surface area contributed by atoms with Crippen LogP contribution >= 0.6 is 11.6 Å². The highest BCUT2D eigenvalue weighted by molar-refractivity contribution is 6.33. The minimum atomic E-state index is -0.100. The van der Waals surface area contributed by atoms with Gasteiger partial charge >= 0.3 is 0 Å². The van der Waals surface area contributed by atoms with Gasteiger partial charge in [-0.2, -0.15) is 0 Å². The summed E-state index contributed by atoms with van der Waals surface area (Å²) in [5, 5.41) is 9.69. The molecular weight excluding hydrogens is 336 g/mol. The largest absolute Gasteiger partial charge is 0.356 e. The van der Waals surface area contributed by atoms with Crippen LogP contribution in [0.3, 0.4) is 0 Å². The molecule has 0 spiro atoms. The molecule has 0 atom stereocenters. The van der Waals surface area contributed by atoms with E-state index in [2.05, 4.69) is 20.9 Å². The molecule has 1 amide bonds. The van der Waals surface area contributed by atoms with E-state index in [4.69, 9.17) is 11.6 Å². The van der Waals surface area contributed by atoms with Crippen LogP contribution < -0.4 is 16.0 Å². The topological polar surface area (TPSA) is 65.5 Å². The predicted molar refractivity (Wildman–Crippen MR) is 104 cm³/mol. The Balaban J connectivity index is 1.73. The van der Waals surface area contributed by atoms with E-state index in [1.54, 1.807) is 7.05 Å². The molecule has 0 unspecified atom stereocenters. The molecule has 25 heavy (non-hydrogen) atoms. The lowest BCUT2D eigenvalue weighted by atomic mass is 10.2. The molecule has 5 nitrogen and oxygen atoms in total. The zero-order chi connectivity index (χ0) is 18.1. The lowest BCUT2D eigenvalue weighted by molar-refractivity contribution is -0.116. The maximum absolute atomic E-state index is 12.0. The number of benzene rings is 2. The van der Waals surface area contributed by atoms with Gasteiger partial charge in [-0.3, -0.25) is 9.79 Å². The number of halogens is 1. The van der Waals surface area contributed by atoms with Gasteiger partial charge in [-0.15, -0.1) is 0 Å². The third kappa shape index (κ3) is 6.47. The zero-order valence-electron chi connectivity index (χ0n) is 14.5. The van der Waals surface area contributed by atoms with Crippen LogP contribution in [0.4, 0.5) is 5.69 Å². The maximum atomic E-state index is 12.0. The van der Waals surface area contributed by atoms with E-state index in [0.29, 0.717) is 36.2 Å². The first kappa shape index (κ1) is 18.8. The van der Waals surface area contributed by atoms with Crippen LogP contribution in [-0.4, -0.2) is 25.5 Å². The Morgan fingerprint density at radius 3 is 2.56 bits per heavy atom. The van der Waals surface area contributed by atoms with Gasteiger partial charge in [0.05, 0.1) is 10.7 Å². The standard InChI is InChI=1S/C19H23ClN4O/c1-14-8-9-17(16(20)12-14)24-18(25)10-11-22-19(21-2)23-13-15-6-4-3-5-7-15/h3-9,12H,10-11,13H2,1-2H3,(H,24,25)(H2,21,22,23). The van der Waals surface area contributed by atoms with Crippen molar-refractivity contribution in [2.24, 2.45) is 4.99 Å². The van der Waals surface area contributed by atoms with Gasteiger partial charge in [-0.1, -0.05) is 48.0 Å². The van der Waals surface area contributed by atoms with Crippen molar-refractivity contribution in [2.75, 3.05) is 18.9 Å². The second-order valence-corrected chi connectivity index (χ2v) is 6.03. The number of guanidine groups is 1. The van der Waals surface area contributed by atoms with Crippen LogP contribution in [0, 0.1) is 6.92 Å². The molecule has 6 heteroatoms. The highest BCUT2D eigenvalue weighted by atomic mass is 35.5. The minimum Gasteiger partial charge on any atom is -0.356 e. The molecule has 0 aliphatic rings. The average molecular weight is 359 g/mol. The lowest BCUT2D eigenvalue weighted by Gasteiger charge is -2.12. The fourth-order valence-corrected chi connectivity index (χ4v) is 2.51. The number of nitrogens with zero attached hydrogens (tertiary/aromatic N) is 1. The monoisotopic (exact) mass is 358 g/mol. The normalized spacial score (nSPS) is 11.1. The Kier molecular flexibility index (Phi) is 7.29. The third-order valence-electron chi connectivity index (χ3n) is 3.57. The van der Waals surface area contributed by atoms with Crippen molar-refractivity contribution in [1.29, 1.82) is 0 Å². The van der Waals surface area contributed by atoms with Gasteiger partial charge in [0.1, 0.15) is 0 Å². The third-order valence-corrected chi connectivity index (χ3v) is 3.88. The first-order valence-corrected chi connectivity index (χ1v) is 8.50. The van der Waals surface area contributed by atoms with Gasteiger partial charge < -0.3 is 16.0 Å². The molecule has 2 aromatic carbocycles. The molecule has 0 heterocycles. The molecule has 0 radical (unpaired) electrons. The van der Waals surface area contributed by atoms with Crippen molar-refractivity contribution >= 4 is 29.2 Å². The molecule has 0 bridgehead atoms. The number of hydrogen-bond acceptors (Lipinski definition) is 2. The van der Waals surface area contributed by atoms with Gasteiger partial charge in [0.25, 0.3) is 0 Å². The number of amides is 1. The molecule has 0 aliphatic carbocycles. The highest BCUT2D eigenvalue weighted by Gasteiger charge is 2.06. The summed E-state index contributed by atoms with van der Waals surface area (Å²) in [7, 11) is 1.70. The van der Waals surface area contributed by atoms with E-state index >= 15 is 0 Å². The van der Waals surface area contributed by atoms with E-state index in [0.717, 1.165) is 11.1 Å². The Morgan fingerprint density at radius 2 is 1.88 bits per heavy atom. The number of carbonyl (C=O) groups is 1. The van der Waals surface area contributed by atoms with E-state index in [9.17, 15) is 4.79 Å². The Bertz CT molecular complexity index is 731. The second kappa shape index (κ2) is 9.69. The van der Waals surface area contributed by atoms with Crippen LogP contribution in [0.2, 0.25) is 5.02 Å². The second-order valence-electron chi connectivity index (χ2n) is 5.62. The molecule has 0 aromatic heterocycles. The fourth-order valence-electron chi connectivity index (χ4n) is 2.23. The molecule has 3 N–H and O–H groups in total. The first-order valence-electron chi connectivity index (χ1n) is 8.13. The number of nitrogens with one attached hydrogen (secondary N) is 3. The van der Waals surface area contributed by atoms with E-state index < -0.39 is 0 Å². The summed E-state index contributed by atoms with van der Waals surface area (Å²) in [5.74, 6) is 0.557. The molecule has 0 saturated heterocycles. The average Bonchev–Trinajstić information content (AvgIpc) is 2.61. The Hall–Kier alpha value is -2.53. The van der Waals surface area contributed by atoms with Crippen molar-refractivity contribution in [1.82, 2.24) is 10.6 Å². The van der Waals surface area contributed by atoms with Crippen LogP contribution in [0.5, 0.6) is 0 Å². The number of aliphatic imine (C=N–C) groups is 1. The summed E-state index contributed by atoms with van der Waals surface area (Å²) in [6.45, 7) is 3.10. The van der Waals surface area contributed by atoms with Crippen LogP contribution in [0.25, 0.3) is 0 Å². The maximum Gasteiger partial charge on any atom is 0.226 e. The lowest BCUT2D eigenvalue weighted by Crippen LogP contribution is -2.38. The van der Waals surface area contributed by atoms with Crippen molar-refractivity contribution in [2.45, 2.75) is 19.9 Å². The molecule has 2 aromatic rings. The van der Waals surface area contributed by atoms with Crippen molar-refractivity contribution in [3.05, 3.63) is 64.7 Å². The fraction of sp³-hybridized carbons (Fsp3) is 0.263. The summed E-state index contributed by atoms with van der Waals surface area (Å²) in [6.07, 6.45) is 0.316. The van der Waals surface area contributed by atoms with Crippen LogP contribution in [-0.2, 0) is 11.3 Å². The molecular formula is C19H23ClN4O. The van der Waals surface area contributed by atoms with Gasteiger partial charge in [-0.25, -0.2) is 0 Å². The molecule has 0 fully saturated rings. The molecule has 132 valence electrons. The van der Waals surface area contributed by atoms with Crippen molar-refractivity contribution in [3.63, 3.8) is 0 Å². The van der Waals surface area contributed by atoms with Crippen LogP contribution in [0.1, 0.15) is 17.5 Å². The van der Waals surface area contributed by atoms with Gasteiger partial charge in [-0.05, 0) is 30.2 Å². The number of carbonyl (C=O) groups excluding carboxylic acids is 1. The van der Waals surface area contributed by atoms with Crippen LogP contribution in [0.15, 0.2) is 53.5 Å². The molecule has 0 aliphatic heterocycles. The molecule has 0 saturated carbocycles. The summed E-state index contributed by atoms with van der Waals surface area (Å²) < 4.78 is 0. The minimum absolute atomic E-state index is 0.100. The summed E-state index contributed by atoms with van der Waals surface area (Å²) in [5.41, 5.74) is 2.85. The van der Waals surface area contributed by atoms with Gasteiger partial charge in [0, 0.05) is 26.6 Å². The number of rotatable bonds is 6. The Morgan fingerprint density at radius 1 is 1.12 bits per heavy atom.